The molecular weight excluding hydrogens is 400 g/mol. The summed E-state index contributed by atoms with van der Waals surface area (Å²) in [6, 6.07) is 15.3. The second-order valence-corrected chi connectivity index (χ2v) is 8.33. The molecule has 32 heavy (non-hydrogen) atoms. The van der Waals surface area contributed by atoms with Crippen LogP contribution in [0.15, 0.2) is 52.6 Å². The Morgan fingerprint density at radius 3 is 2.56 bits per heavy atom. The van der Waals surface area contributed by atoms with Crippen molar-refractivity contribution in [3.63, 3.8) is 0 Å². The van der Waals surface area contributed by atoms with Crippen molar-refractivity contribution in [2.75, 3.05) is 5.73 Å². The Morgan fingerprint density at radius 2 is 1.88 bits per heavy atom. The van der Waals surface area contributed by atoms with Gasteiger partial charge in [-0.2, -0.15) is 10.4 Å². The van der Waals surface area contributed by atoms with Gasteiger partial charge in [-0.25, -0.2) is 9.97 Å². The van der Waals surface area contributed by atoms with Crippen LogP contribution in [0.3, 0.4) is 0 Å². The van der Waals surface area contributed by atoms with E-state index in [0.29, 0.717) is 29.2 Å². The minimum absolute atomic E-state index is 0.0422. The molecule has 0 amide bonds. The molecule has 0 bridgehead atoms. The predicted molar refractivity (Wildman–Crippen MR) is 127 cm³/mol. The number of hydrogen-bond donors (Lipinski definition) is 2. The number of nitriles is 1. The van der Waals surface area contributed by atoms with Crippen LogP contribution in [0.2, 0.25) is 0 Å². The first kappa shape index (κ1) is 22.6. The predicted octanol–water partition coefficient (Wildman–Crippen LogP) is 3.53. The summed E-state index contributed by atoms with van der Waals surface area (Å²) in [4.78, 5) is 17.7. The van der Waals surface area contributed by atoms with Crippen LogP contribution >= 0.6 is 0 Å². The summed E-state index contributed by atoms with van der Waals surface area (Å²) in [5, 5.41) is 13.1. The van der Waals surface area contributed by atoms with Gasteiger partial charge in [0.25, 0.3) is 0 Å². The van der Waals surface area contributed by atoms with Gasteiger partial charge in [-0.15, -0.1) is 0 Å². The van der Waals surface area contributed by atoms with E-state index in [1.807, 2.05) is 31.2 Å². The molecule has 8 nitrogen and oxygen atoms in total. The number of aromatic nitrogens is 3. The van der Waals surface area contributed by atoms with Crippen LogP contribution in [0.1, 0.15) is 49.0 Å². The second-order valence-electron chi connectivity index (χ2n) is 8.33. The first-order valence-corrected chi connectivity index (χ1v) is 10.1. The van der Waals surface area contributed by atoms with Crippen LogP contribution in [0.4, 0.5) is 5.95 Å². The van der Waals surface area contributed by atoms with Crippen molar-refractivity contribution < 1.29 is 0 Å². The molecule has 2 aromatic heterocycles. The first-order valence-electron chi connectivity index (χ1n) is 10.1. The summed E-state index contributed by atoms with van der Waals surface area (Å²) in [6.45, 7) is 8.59. The number of nitrogens with zero attached hydrogens (tertiary/aromatic N) is 6. The van der Waals surface area contributed by atoms with Crippen molar-refractivity contribution in [1.82, 2.24) is 15.0 Å². The second kappa shape index (κ2) is 9.35. The third kappa shape index (κ3) is 5.13. The Bertz CT molecular complexity index is 1230. The topological polar surface area (TPSA) is 139 Å². The molecular formula is C24H26N8. The maximum Gasteiger partial charge on any atom is 0.221 e. The number of pyridine rings is 1. The van der Waals surface area contributed by atoms with Crippen LogP contribution in [-0.4, -0.2) is 26.9 Å². The van der Waals surface area contributed by atoms with Gasteiger partial charge in [0.1, 0.15) is 5.71 Å². The Hall–Kier alpha value is -4.12. The fourth-order valence-electron chi connectivity index (χ4n) is 3.15. The molecule has 0 aliphatic carbocycles. The molecule has 0 unspecified atom stereocenters. The summed E-state index contributed by atoms with van der Waals surface area (Å²) in [5.41, 5.74) is 11.3. The molecule has 8 heteroatoms. The van der Waals surface area contributed by atoms with Crippen LogP contribution in [0.25, 0.3) is 11.3 Å². The largest absolute Gasteiger partial charge is 0.368 e. The molecule has 0 atom stereocenters. The quantitative estimate of drug-likeness (QED) is 0.363. The van der Waals surface area contributed by atoms with Crippen LogP contribution < -0.4 is 11.6 Å². The zero-order valence-electron chi connectivity index (χ0n) is 18.7. The fraction of sp³-hybridized carbons (Fsp3) is 0.250. The third-order valence-electron chi connectivity index (χ3n) is 4.92. The van der Waals surface area contributed by atoms with Gasteiger partial charge in [-0.1, -0.05) is 39.0 Å². The van der Waals surface area contributed by atoms with E-state index < -0.39 is 0 Å². The normalized spacial score (nSPS) is 12.2. The van der Waals surface area contributed by atoms with Crippen molar-refractivity contribution in [3.05, 3.63) is 70.7 Å². The number of aliphatic imine (C=N–C) groups is 1. The molecule has 162 valence electrons. The number of nitrogens with two attached hydrogens (primary N) is 2. The number of anilines is 1. The zero-order valence-corrected chi connectivity index (χ0v) is 18.7. The molecule has 0 aliphatic rings. The summed E-state index contributed by atoms with van der Waals surface area (Å²) >= 11 is 0. The molecule has 0 fully saturated rings. The number of rotatable bonds is 5. The average Bonchev–Trinajstić information content (AvgIpc) is 2.76. The molecule has 3 aromatic rings. The van der Waals surface area contributed by atoms with Crippen LogP contribution in [0, 0.1) is 18.3 Å². The number of nitrogen functional groups attached to an aromatic ring is 1. The summed E-state index contributed by atoms with van der Waals surface area (Å²) in [5.74, 6) is 5.69. The Balaban J connectivity index is 1.88. The lowest BCUT2D eigenvalue weighted by Crippen LogP contribution is -2.14. The van der Waals surface area contributed by atoms with E-state index in [1.165, 1.54) is 0 Å². The number of hydrazone groups is 1. The highest BCUT2D eigenvalue weighted by atomic mass is 15.1. The van der Waals surface area contributed by atoms with E-state index in [0.717, 1.165) is 22.5 Å². The Labute approximate surface area is 187 Å². The first-order chi connectivity index (χ1) is 15.2. The van der Waals surface area contributed by atoms with Crippen LogP contribution in [0.5, 0.6) is 0 Å². The molecule has 0 radical (unpaired) electrons. The molecule has 0 aliphatic heterocycles. The van der Waals surface area contributed by atoms with Crippen molar-refractivity contribution in [3.8, 4) is 17.3 Å². The van der Waals surface area contributed by atoms with E-state index in [9.17, 15) is 5.26 Å². The van der Waals surface area contributed by atoms with Crippen LogP contribution in [-0.2, 0) is 12.0 Å². The zero-order chi connectivity index (χ0) is 23.3. The molecule has 3 rings (SSSR count). The van der Waals surface area contributed by atoms with E-state index in [-0.39, 0.29) is 11.4 Å². The van der Waals surface area contributed by atoms with Gasteiger partial charge in [-0.3, -0.25) is 9.98 Å². The SMILES string of the molecule is Cc1c(C#N)cccc1-c1cc(C(C=NCc2cccc(C(C)(C)C)n2)=NN)nc(N)n1. The van der Waals surface area contributed by atoms with Gasteiger partial charge in [0.05, 0.1) is 41.5 Å². The smallest absolute Gasteiger partial charge is 0.221 e. The van der Waals surface area contributed by atoms with Gasteiger partial charge >= 0.3 is 0 Å². The maximum absolute atomic E-state index is 9.31. The van der Waals surface area contributed by atoms with Gasteiger partial charge in [0, 0.05) is 16.7 Å². The molecule has 2 heterocycles. The standard InChI is InChI=1S/C24H26N8/c1-15-16(12-25)7-5-9-18(15)19-11-20(31-23(26)30-19)21(32-27)14-28-13-17-8-6-10-22(29-17)24(2,3)4/h5-11,14H,13,27H2,1-4H3,(H2,26,30,31). The lowest BCUT2D eigenvalue weighted by molar-refractivity contribution is 0.565. The monoisotopic (exact) mass is 426 g/mol. The van der Waals surface area contributed by atoms with Gasteiger partial charge in [0.15, 0.2) is 0 Å². The highest BCUT2D eigenvalue weighted by molar-refractivity contribution is 6.37. The minimum Gasteiger partial charge on any atom is -0.368 e. The highest BCUT2D eigenvalue weighted by Crippen LogP contribution is 2.25. The van der Waals surface area contributed by atoms with Crippen molar-refractivity contribution >= 4 is 17.9 Å². The van der Waals surface area contributed by atoms with E-state index >= 15 is 0 Å². The van der Waals surface area contributed by atoms with E-state index in [2.05, 4.69) is 51.9 Å². The Morgan fingerprint density at radius 1 is 1.12 bits per heavy atom. The lowest BCUT2D eigenvalue weighted by Gasteiger charge is -2.17. The third-order valence-corrected chi connectivity index (χ3v) is 4.92. The molecule has 0 saturated heterocycles. The fourth-order valence-corrected chi connectivity index (χ4v) is 3.15. The van der Waals surface area contributed by atoms with E-state index in [1.54, 1.807) is 24.4 Å². The Kier molecular flexibility index (Phi) is 6.59. The molecule has 4 N–H and O–H groups in total. The van der Waals surface area contributed by atoms with Crippen molar-refractivity contribution in [2.24, 2.45) is 15.9 Å². The number of benzene rings is 1. The summed E-state index contributed by atoms with van der Waals surface area (Å²) < 4.78 is 0. The summed E-state index contributed by atoms with van der Waals surface area (Å²) in [6.07, 6.45) is 1.55. The van der Waals surface area contributed by atoms with Gasteiger partial charge in [0.2, 0.25) is 5.95 Å². The average molecular weight is 427 g/mol. The molecule has 1 aromatic carbocycles. The molecule has 0 spiro atoms. The van der Waals surface area contributed by atoms with E-state index in [4.69, 9.17) is 11.6 Å². The lowest BCUT2D eigenvalue weighted by atomic mass is 9.91. The number of hydrogen-bond acceptors (Lipinski definition) is 8. The van der Waals surface area contributed by atoms with Crippen molar-refractivity contribution in [1.29, 1.82) is 5.26 Å². The highest BCUT2D eigenvalue weighted by Gasteiger charge is 2.15. The van der Waals surface area contributed by atoms with Gasteiger partial charge < -0.3 is 11.6 Å². The van der Waals surface area contributed by atoms with Crippen molar-refractivity contribution in [2.45, 2.75) is 39.7 Å². The minimum atomic E-state index is -0.0422. The molecule has 0 saturated carbocycles. The maximum atomic E-state index is 9.31. The summed E-state index contributed by atoms with van der Waals surface area (Å²) in [7, 11) is 0. The van der Waals surface area contributed by atoms with Gasteiger partial charge in [-0.05, 0) is 36.8 Å².